The molecule has 114 valence electrons. The highest BCUT2D eigenvalue weighted by atomic mass is 16.5. The molecular weight excluding hydrogens is 262 g/mol. The van der Waals surface area contributed by atoms with Gasteiger partial charge in [0.2, 0.25) is 0 Å². The molecule has 1 spiro atoms. The van der Waals surface area contributed by atoms with Gasteiger partial charge in [-0.2, -0.15) is 0 Å². The summed E-state index contributed by atoms with van der Waals surface area (Å²) in [5.41, 5.74) is 7.34. The Labute approximate surface area is 127 Å². The van der Waals surface area contributed by atoms with E-state index in [2.05, 4.69) is 22.9 Å². The predicted molar refractivity (Wildman–Crippen MR) is 86.9 cm³/mol. The molecular formula is C17H25N3O. The highest BCUT2D eigenvalue weighted by Crippen LogP contribution is 2.44. The fourth-order valence-electron chi connectivity index (χ4n) is 3.81. The Morgan fingerprint density at radius 3 is 2.71 bits per heavy atom. The molecule has 0 amide bonds. The zero-order chi connectivity index (χ0) is 14.9. The van der Waals surface area contributed by atoms with E-state index < -0.39 is 0 Å². The van der Waals surface area contributed by atoms with E-state index in [1.54, 1.807) is 7.11 Å². The molecule has 2 N–H and O–H groups in total. The first-order valence-electron chi connectivity index (χ1n) is 7.93. The van der Waals surface area contributed by atoms with Gasteiger partial charge in [-0.25, -0.2) is 0 Å². The van der Waals surface area contributed by atoms with Gasteiger partial charge in [0.1, 0.15) is 5.75 Å². The summed E-state index contributed by atoms with van der Waals surface area (Å²) in [6.45, 7) is 3.10. The molecule has 0 bridgehead atoms. The number of para-hydroxylation sites is 2. The van der Waals surface area contributed by atoms with Gasteiger partial charge in [0.15, 0.2) is 5.96 Å². The quantitative estimate of drug-likeness (QED) is 0.929. The molecule has 0 aromatic heterocycles. The van der Waals surface area contributed by atoms with Crippen molar-refractivity contribution in [2.75, 3.05) is 18.6 Å². The molecule has 1 saturated carbocycles. The summed E-state index contributed by atoms with van der Waals surface area (Å²) in [5, 5.41) is 0. The first-order chi connectivity index (χ1) is 10.2. The number of hydrogen-bond acceptors (Lipinski definition) is 4. The number of guanidine groups is 1. The summed E-state index contributed by atoms with van der Waals surface area (Å²) in [5.74, 6) is 2.36. The number of hydrogen-bond donors (Lipinski definition) is 1. The van der Waals surface area contributed by atoms with Crippen LogP contribution >= 0.6 is 0 Å². The van der Waals surface area contributed by atoms with E-state index in [4.69, 9.17) is 10.5 Å². The van der Waals surface area contributed by atoms with Gasteiger partial charge in [-0.3, -0.25) is 4.99 Å². The second-order valence-electron chi connectivity index (χ2n) is 6.26. The van der Waals surface area contributed by atoms with Crippen molar-refractivity contribution in [3.63, 3.8) is 0 Å². The second-order valence-corrected chi connectivity index (χ2v) is 6.26. The summed E-state index contributed by atoms with van der Waals surface area (Å²) in [4.78, 5) is 6.80. The van der Waals surface area contributed by atoms with Crippen LogP contribution in [-0.4, -0.2) is 25.2 Å². The van der Waals surface area contributed by atoms with E-state index in [9.17, 15) is 0 Å². The standard InChI is InChI=1S/C17H25N3O/c1-3-13-8-10-17(11-9-13)12-19-16(18)20(17)14-6-4-5-7-15(14)21-2/h4-7,13H,3,8-12H2,1-2H3,(H2,18,19). The molecule has 4 heteroatoms. The number of rotatable bonds is 3. The van der Waals surface area contributed by atoms with Crippen LogP contribution in [0.5, 0.6) is 5.75 Å². The van der Waals surface area contributed by atoms with Crippen LogP contribution in [0.25, 0.3) is 0 Å². The molecule has 0 unspecified atom stereocenters. The third-order valence-corrected chi connectivity index (χ3v) is 5.18. The Hall–Kier alpha value is -1.71. The maximum absolute atomic E-state index is 6.23. The molecule has 21 heavy (non-hydrogen) atoms. The number of ether oxygens (including phenoxy) is 1. The monoisotopic (exact) mass is 287 g/mol. The van der Waals surface area contributed by atoms with Gasteiger partial charge in [-0.05, 0) is 43.7 Å². The second kappa shape index (κ2) is 5.58. The van der Waals surface area contributed by atoms with Crippen molar-refractivity contribution in [3.05, 3.63) is 24.3 Å². The maximum Gasteiger partial charge on any atom is 0.196 e. The third kappa shape index (κ3) is 2.37. The minimum Gasteiger partial charge on any atom is -0.495 e. The van der Waals surface area contributed by atoms with Crippen LogP contribution in [0.4, 0.5) is 5.69 Å². The zero-order valence-electron chi connectivity index (χ0n) is 13.0. The van der Waals surface area contributed by atoms with Crippen molar-refractivity contribution in [1.82, 2.24) is 0 Å². The number of aliphatic imine (C=N–C) groups is 1. The van der Waals surface area contributed by atoms with Crippen molar-refractivity contribution in [1.29, 1.82) is 0 Å². The highest BCUT2D eigenvalue weighted by molar-refractivity contribution is 5.99. The van der Waals surface area contributed by atoms with Crippen LogP contribution in [0.15, 0.2) is 29.3 Å². The molecule has 0 saturated heterocycles. The van der Waals surface area contributed by atoms with Crippen molar-refractivity contribution < 1.29 is 4.74 Å². The molecule has 0 atom stereocenters. The first-order valence-corrected chi connectivity index (χ1v) is 7.93. The molecule has 3 rings (SSSR count). The van der Waals surface area contributed by atoms with Crippen LogP contribution in [0.1, 0.15) is 39.0 Å². The predicted octanol–water partition coefficient (Wildman–Crippen LogP) is 3.17. The van der Waals surface area contributed by atoms with E-state index in [-0.39, 0.29) is 5.54 Å². The minimum absolute atomic E-state index is 0.0599. The number of nitrogens with two attached hydrogens (primary N) is 1. The van der Waals surface area contributed by atoms with E-state index in [0.717, 1.165) is 36.7 Å². The summed E-state index contributed by atoms with van der Waals surface area (Å²) in [6.07, 6.45) is 6.14. The summed E-state index contributed by atoms with van der Waals surface area (Å²) in [7, 11) is 1.71. The van der Waals surface area contributed by atoms with Gasteiger partial charge in [0.25, 0.3) is 0 Å². The number of nitrogens with zero attached hydrogens (tertiary/aromatic N) is 2. The van der Waals surface area contributed by atoms with Crippen molar-refractivity contribution >= 4 is 11.6 Å². The fraction of sp³-hybridized carbons (Fsp3) is 0.588. The third-order valence-electron chi connectivity index (χ3n) is 5.18. The molecule has 2 aliphatic rings. The van der Waals surface area contributed by atoms with Gasteiger partial charge in [-0.1, -0.05) is 25.5 Å². The maximum atomic E-state index is 6.23. The van der Waals surface area contributed by atoms with Crippen molar-refractivity contribution in [2.45, 2.75) is 44.6 Å². The topological polar surface area (TPSA) is 50.8 Å². The first kappa shape index (κ1) is 14.2. The molecule has 1 aromatic rings. The lowest BCUT2D eigenvalue weighted by atomic mass is 9.75. The normalized spacial score (nSPS) is 28.8. The number of anilines is 1. The van der Waals surface area contributed by atoms with Gasteiger partial charge in [-0.15, -0.1) is 0 Å². The van der Waals surface area contributed by atoms with E-state index in [1.807, 2.05) is 18.2 Å². The summed E-state index contributed by atoms with van der Waals surface area (Å²) >= 11 is 0. The number of benzene rings is 1. The van der Waals surface area contributed by atoms with Gasteiger partial charge < -0.3 is 15.4 Å². The smallest absolute Gasteiger partial charge is 0.196 e. The Kier molecular flexibility index (Phi) is 3.79. The van der Waals surface area contributed by atoms with Crippen LogP contribution in [0, 0.1) is 5.92 Å². The van der Waals surface area contributed by atoms with Crippen molar-refractivity contribution in [3.8, 4) is 5.75 Å². The lowest BCUT2D eigenvalue weighted by Gasteiger charge is -2.44. The van der Waals surface area contributed by atoms with Crippen LogP contribution in [0.3, 0.4) is 0 Å². The zero-order valence-corrected chi connectivity index (χ0v) is 13.0. The highest BCUT2D eigenvalue weighted by Gasteiger charge is 2.45. The summed E-state index contributed by atoms with van der Waals surface area (Å²) in [6, 6.07) is 8.10. The van der Waals surface area contributed by atoms with E-state index in [1.165, 1.54) is 19.3 Å². The minimum atomic E-state index is 0.0599. The van der Waals surface area contributed by atoms with E-state index >= 15 is 0 Å². The Balaban J connectivity index is 1.93. The van der Waals surface area contributed by atoms with Crippen LogP contribution in [-0.2, 0) is 0 Å². The SMILES string of the molecule is CCC1CCC2(CC1)CN=C(N)N2c1ccccc1OC. The fourth-order valence-corrected chi connectivity index (χ4v) is 3.81. The van der Waals surface area contributed by atoms with Gasteiger partial charge in [0, 0.05) is 0 Å². The molecule has 4 nitrogen and oxygen atoms in total. The Bertz CT molecular complexity index is 533. The molecule has 0 radical (unpaired) electrons. The largest absolute Gasteiger partial charge is 0.495 e. The molecule has 1 aliphatic carbocycles. The lowest BCUT2D eigenvalue weighted by molar-refractivity contribution is 0.243. The molecule has 1 aromatic carbocycles. The average molecular weight is 287 g/mol. The van der Waals surface area contributed by atoms with E-state index in [0.29, 0.717) is 5.96 Å². The average Bonchev–Trinajstić information content (AvgIpc) is 2.84. The van der Waals surface area contributed by atoms with Crippen LogP contribution < -0.4 is 15.4 Å². The Morgan fingerprint density at radius 2 is 2.05 bits per heavy atom. The molecule has 1 heterocycles. The van der Waals surface area contributed by atoms with Gasteiger partial charge in [0.05, 0.1) is 24.9 Å². The van der Waals surface area contributed by atoms with Crippen LogP contribution in [0.2, 0.25) is 0 Å². The Morgan fingerprint density at radius 1 is 1.33 bits per heavy atom. The van der Waals surface area contributed by atoms with Crippen molar-refractivity contribution in [2.24, 2.45) is 16.6 Å². The molecule has 1 aliphatic heterocycles. The molecule has 1 fully saturated rings. The lowest BCUT2D eigenvalue weighted by Crippen LogP contribution is -2.54. The van der Waals surface area contributed by atoms with Gasteiger partial charge >= 0.3 is 0 Å². The summed E-state index contributed by atoms with van der Waals surface area (Å²) < 4.78 is 5.53. The number of methoxy groups -OCH3 is 1.